The Morgan fingerprint density at radius 2 is 2.36 bits per heavy atom. The fraction of sp³-hybridized carbons (Fsp3) is 0.375. The van der Waals surface area contributed by atoms with Crippen LogP contribution in [0.1, 0.15) is 12.7 Å². The monoisotopic (exact) mass is 192 g/mol. The molecule has 6 nitrogen and oxygen atoms in total. The summed E-state index contributed by atoms with van der Waals surface area (Å²) in [5.41, 5.74) is 5.50. The summed E-state index contributed by atoms with van der Waals surface area (Å²) in [5, 5.41) is 8.15. The van der Waals surface area contributed by atoms with E-state index in [0.29, 0.717) is 12.4 Å². The average Bonchev–Trinajstić information content (AvgIpc) is 2.76. The van der Waals surface area contributed by atoms with Crippen LogP contribution in [0.5, 0.6) is 0 Å². The number of anilines is 1. The van der Waals surface area contributed by atoms with Crippen LogP contribution in [0.2, 0.25) is 0 Å². The highest BCUT2D eigenvalue weighted by Gasteiger charge is 2.03. The van der Waals surface area contributed by atoms with Crippen molar-refractivity contribution in [2.75, 3.05) is 5.73 Å². The van der Waals surface area contributed by atoms with E-state index in [-0.39, 0.29) is 0 Å². The molecule has 0 amide bonds. The summed E-state index contributed by atoms with van der Waals surface area (Å²) in [6, 6.07) is 1.76. The van der Waals surface area contributed by atoms with E-state index in [9.17, 15) is 0 Å². The SMILES string of the molecule is CCn1ncnc1Cn1ccc(N)n1. The summed E-state index contributed by atoms with van der Waals surface area (Å²) in [7, 11) is 0. The van der Waals surface area contributed by atoms with Crippen molar-refractivity contribution in [2.45, 2.75) is 20.0 Å². The van der Waals surface area contributed by atoms with Gasteiger partial charge in [-0.15, -0.1) is 0 Å². The van der Waals surface area contributed by atoms with Gasteiger partial charge in [0.1, 0.15) is 24.5 Å². The second-order valence-corrected chi connectivity index (χ2v) is 2.93. The number of hydrogen-bond donors (Lipinski definition) is 1. The molecular formula is C8H12N6. The third kappa shape index (κ3) is 1.59. The van der Waals surface area contributed by atoms with Crippen LogP contribution in [0.15, 0.2) is 18.6 Å². The Bertz CT molecular complexity index is 415. The van der Waals surface area contributed by atoms with Gasteiger partial charge in [0.15, 0.2) is 0 Å². The fourth-order valence-electron chi connectivity index (χ4n) is 1.29. The maximum Gasteiger partial charge on any atom is 0.148 e. The zero-order chi connectivity index (χ0) is 9.97. The zero-order valence-electron chi connectivity index (χ0n) is 7.96. The van der Waals surface area contributed by atoms with Crippen LogP contribution >= 0.6 is 0 Å². The Morgan fingerprint density at radius 3 is 3.00 bits per heavy atom. The predicted octanol–water partition coefficient (Wildman–Crippen LogP) is 0.125. The first-order valence-corrected chi connectivity index (χ1v) is 4.45. The van der Waals surface area contributed by atoms with Gasteiger partial charge in [-0.2, -0.15) is 10.2 Å². The lowest BCUT2D eigenvalue weighted by atomic mass is 10.5. The standard InChI is InChI=1S/C8H12N6/c1-2-14-8(10-6-11-14)5-13-4-3-7(9)12-13/h3-4,6H,2,5H2,1H3,(H2,9,12). The molecule has 2 aromatic heterocycles. The largest absolute Gasteiger partial charge is 0.382 e. The number of nitrogen functional groups attached to an aromatic ring is 1. The zero-order valence-corrected chi connectivity index (χ0v) is 7.96. The first-order chi connectivity index (χ1) is 6.79. The van der Waals surface area contributed by atoms with Crippen molar-refractivity contribution in [1.29, 1.82) is 0 Å². The first-order valence-electron chi connectivity index (χ1n) is 4.45. The number of aromatic nitrogens is 5. The van der Waals surface area contributed by atoms with Crippen molar-refractivity contribution in [3.8, 4) is 0 Å². The molecule has 0 aliphatic rings. The number of hydrogen-bond acceptors (Lipinski definition) is 4. The molecule has 2 N–H and O–H groups in total. The Morgan fingerprint density at radius 1 is 1.50 bits per heavy atom. The lowest BCUT2D eigenvalue weighted by Gasteiger charge is -2.02. The Labute approximate surface area is 81.4 Å². The van der Waals surface area contributed by atoms with Gasteiger partial charge in [0.05, 0.1) is 0 Å². The Kier molecular flexibility index (Phi) is 2.18. The third-order valence-corrected chi connectivity index (χ3v) is 1.96. The van der Waals surface area contributed by atoms with Crippen LogP contribution in [0, 0.1) is 0 Å². The summed E-state index contributed by atoms with van der Waals surface area (Å²) in [5.74, 6) is 1.41. The summed E-state index contributed by atoms with van der Waals surface area (Å²) in [6.07, 6.45) is 3.37. The molecule has 0 saturated heterocycles. The van der Waals surface area contributed by atoms with Crippen molar-refractivity contribution in [3.05, 3.63) is 24.4 Å². The van der Waals surface area contributed by atoms with Crippen LogP contribution in [0.4, 0.5) is 5.82 Å². The minimum atomic E-state index is 0.521. The van der Waals surface area contributed by atoms with E-state index in [1.807, 2.05) is 17.8 Å². The summed E-state index contributed by atoms with van der Waals surface area (Å²) in [6.45, 7) is 3.44. The maximum absolute atomic E-state index is 5.50. The average molecular weight is 192 g/mol. The van der Waals surface area contributed by atoms with E-state index in [4.69, 9.17) is 5.73 Å². The van der Waals surface area contributed by atoms with Gasteiger partial charge in [-0.25, -0.2) is 9.67 Å². The molecule has 0 fully saturated rings. The molecule has 0 bridgehead atoms. The predicted molar refractivity (Wildman–Crippen MR) is 51.4 cm³/mol. The molecule has 0 radical (unpaired) electrons. The van der Waals surface area contributed by atoms with E-state index in [0.717, 1.165) is 12.4 Å². The Balaban J connectivity index is 2.18. The molecule has 2 aromatic rings. The molecule has 6 heteroatoms. The molecule has 0 aliphatic heterocycles. The van der Waals surface area contributed by atoms with Gasteiger partial charge in [0.25, 0.3) is 0 Å². The highest BCUT2D eigenvalue weighted by molar-refractivity contribution is 5.23. The Hall–Kier alpha value is -1.85. The third-order valence-electron chi connectivity index (χ3n) is 1.96. The van der Waals surface area contributed by atoms with Gasteiger partial charge >= 0.3 is 0 Å². The van der Waals surface area contributed by atoms with Gasteiger partial charge in [0, 0.05) is 12.7 Å². The van der Waals surface area contributed by atoms with Crippen molar-refractivity contribution >= 4 is 5.82 Å². The second-order valence-electron chi connectivity index (χ2n) is 2.93. The molecule has 0 atom stereocenters. The molecular weight excluding hydrogens is 180 g/mol. The van der Waals surface area contributed by atoms with E-state index in [1.54, 1.807) is 17.1 Å². The first kappa shape index (κ1) is 8.74. The number of nitrogens with two attached hydrogens (primary N) is 1. The van der Waals surface area contributed by atoms with Crippen LogP contribution in [0.25, 0.3) is 0 Å². The maximum atomic E-state index is 5.50. The molecule has 0 saturated carbocycles. The van der Waals surface area contributed by atoms with Crippen molar-refractivity contribution in [2.24, 2.45) is 0 Å². The van der Waals surface area contributed by atoms with Gasteiger partial charge in [-0.3, -0.25) is 4.68 Å². The minimum Gasteiger partial charge on any atom is -0.382 e. The molecule has 0 unspecified atom stereocenters. The smallest absolute Gasteiger partial charge is 0.148 e. The summed E-state index contributed by atoms with van der Waals surface area (Å²) >= 11 is 0. The van der Waals surface area contributed by atoms with Crippen LogP contribution in [-0.4, -0.2) is 24.5 Å². The van der Waals surface area contributed by atoms with E-state index in [1.165, 1.54) is 0 Å². The van der Waals surface area contributed by atoms with Gasteiger partial charge < -0.3 is 5.73 Å². The molecule has 14 heavy (non-hydrogen) atoms. The lowest BCUT2D eigenvalue weighted by Crippen LogP contribution is -2.09. The van der Waals surface area contributed by atoms with Crippen LogP contribution < -0.4 is 5.73 Å². The summed E-state index contributed by atoms with van der Waals surface area (Å²) < 4.78 is 3.57. The molecule has 0 aromatic carbocycles. The number of rotatable bonds is 3. The molecule has 2 rings (SSSR count). The van der Waals surface area contributed by atoms with E-state index >= 15 is 0 Å². The molecule has 0 aliphatic carbocycles. The molecule has 74 valence electrons. The lowest BCUT2D eigenvalue weighted by molar-refractivity contribution is 0.569. The highest BCUT2D eigenvalue weighted by atomic mass is 15.4. The van der Waals surface area contributed by atoms with Gasteiger partial charge in [-0.05, 0) is 13.0 Å². The minimum absolute atomic E-state index is 0.521. The number of nitrogens with zero attached hydrogens (tertiary/aromatic N) is 5. The molecule has 0 spiro atoms. The normalized spacial score (nSPS) is 10.6. The van der Waals surface area contributed by atoms with Crippen molar-refractivity contribution < 1.29 is 0 Å². The fourth-order valence-corrected chi connectivity index (χ4v) is 1.29. The highest BCUT2D eigenvalue weighted by Crippen LogP contribution is 2.00. The quantitative estimate of drug-likeness (QED) is 0.749. The van der Waals surface area contributed by atoms with Crippen LogP contribution in [-0.2, 0) is 13.1 Å². The van der Waals surface area contributed by atoms with Gasteiger partial charge in [-0.1, -0.05) is 0 Å². The van der Waals surface area contributed by atoms with Crippen molar-refractivity contribution in [1.82, 2.24) is 24.5 Å². The van der Waals surface area contributed by atoms with Crippen LogP contribution in [0.3, 0.4) is 0 Å². The van der Waals surface area contributed by atoms with Crippen molar-refractivity contribution in [3.63, 3.8) is 0 Å². The molecule has 2 heterocycles. The van der Waals surface area contributed by atoms with Gasteiger partial charge in [0.2, 0.25) is 0 Å². The number of aryl methyl sites for hydroxylation is 1. The van der Waals surface area contributed by atoms with E-state index < -0.39 is 0 Å². The topological polar surface area (TPSA) is 74.5 Å². The van der Waals surface area contributed by atoms with E-state index in [2.05, 4.69) is 15.2 Å². The second kappa shape index (κ2) is 3.49. The summed E-state index contributed by atoms with van der Waals surface area (Å²) in [4.78, 5) is 4.14.